The van der Waals surface area contributed by atoms with Gasteiger partial charge in [-0.05, 0) is 62.4 Å². The van der Waals surface area contributed by atoms with Crippen molar-refractivity contribution >= 4 is 33.5 Å². The molecule has 0 saturated carbocycles. The average Bonchev–Trinajstić information content (AvgIpc) is 2.60. The van der Waals surface area contributed by atoms with Gasteiger partial charge in [0.15, 0.2) is 11.9 Å². The smallest absolute Gasteiger partial charge is 0.279 e. The highest BCUT2D eigenvalue weighted by atomic mass is 79.9. The summed E-state index contributed by atoms with van der Waals surface area (Å²) in [6.07, 6.45) is -0.826. The predicted octanol–water partition coefficient (Wildman–Crippen LogP) is 2.88. The molecule has 0 heterocycles. The van der Waals surface area contributed by atoms with E-state index in [1.54, 1.807) is 55.5 Å². The molecule has 7 heteroatoms. The lowest BCUT2D eigenvalue weighted by atomic mass is 10.1. The Hall–Kier alpha value is -2.67. The molecule has 0 fully saturated rings. The number of amides is 2. The van der Waals surface area contributed by atoms with Crippen LogP contribution < -0.4 is 15.6 Å². The Kier molecular flexibility index (Phi) is 6.30. The number of nitrogens with one attached hydrogen (secondary N) is 2. The summed E-state index contributed by atoms with van der Waals surface area (Å²) in [7, 11) is 0. The van der Waals surface area contributed by atoms with Gasteiger partial charge >= 0.3 is 0 Å². The van der Waals surface area contributed by atoms with Gasteiger partial charge in [-0.2, -0.15) is 0 Å². The zero-order valence-electron chi connectivity index (χ0n) is 13.7. The van der Waals surface area contributed by atoms with E-state index in [1.165, 1.54) is 6.92 Å². The van der Waals surface area contributed by atoms with Gasteiger partial charge in [-0.1, -0.05) is 15.9 Å². The first-order valence-corrected chi connectivity index (χ1v) is 8.29. The van der Waals surface area contributed by atoms with Crippen molar-refractivity contribution in [2.24, 2.45) is 0 Å². The van der Waals surface area contributed by atoms with Crippen molar-refractivity contribution in [3.8, 4) is 5.75 Å². The Balaban J connectivity index is 1.86. The first kappa shape index (κ1) is 18.7. The lowest BCUT2D eigenvalue weighted by molar-refractivity contribution is -0.128. The molecular weight excluding hydrogens is 388 g/mol. The van der Waals surface area contributed by atoms with E-state index >= 15 is 0 Å². The minimum atomic E-state index is -0.826. The number of halogens is 1. The maximum atomic E-state index is 12.0. The maximum absolute atomic E-state index is 12.0. The van der Waals surface area contributed by atoms with Crippen LogP contribution >= 0.6 is 15.9 Å². The number of hydrogen-bond donors (Lipinski definition) is 2. The molecule has 0 radical (unpaired) electrons. The Morgan fingerprint density at radius 2 is 1.48 bits per heavy atom. The Labute approximate surface area is 153 Å². The highest BCUT2D eigenvalue weighted by Gasteiger charge is 2.16. The fraction of sp³-hybridized carbons (Fsp3) is 0.167. The summed E-state index contributed by atoms with van der Waals surface area (Å²) in [6.45, 7) is 3.03. The SMILES string of the molecule is CC(=O)c1ccc(OC(C)C(=O)NNC(=O)c2ccc(Br)cc2)cc1. The molecule has 1 atom stereocenters. The minimum Gasteiger partial charge on any atom is -0.481 e. The molecule has 2 aromatic carbocycles. The van der Waals surface area contributed by atoms with E-state index < -0.39 is 17.9 Å². The van der Waals surface area contributed by atoms with E-state index in [-0.39, 0.29) is 5.78 Å². The summed E-state index contributed by atoms with van der Waals surface area (Å²) >= 11 is 3.28. The number of hydrogen-bond acceptors (Lipinski definition) is 4. The lowest BCUT2D eigenvalue weighted by Gasteiger charge is -2.15. The second kappa shape index (κ2) is 8.43. The van der Waals surface area contributed by atoms with Gasteiger partial charge in [-0.25, -0.2) is 0 Å². The molecule has 0 aromatic heterocycles. The van der Waals surface area contributed by atoms with Gasteiger partial charge < -0.3 is 4.74 Å². The van der Waals surface area contributed by atoms with Gasteiger partial charge in [0.05, 0.1) is 0 Å². The van der Waals surface area contributed by atoms with Crippen LogP contribution in [0.3, 0.4) is 0 Å². The molecule has 0 aliphatic rings. The average molecular weight is 405 g/mol. The topological polar surface area (TPSA) is 84.5 Å². The van der Waals surface area contributed by atoms with Gasteiger partial charge in [0, 0.05) is 15.6 Å². The molecule has 0 spiro atoms. The molecule has 0 aliphatic heterocycles. The molecule has 0 saturated heterocycles. The van der Waals surface area contributed by atoms with Crippen LogP contribution in [0.5, 0.6) is 5.75 Å². The summed E-state index contributed by atoms with van der Waals surface area (Å²) in [5.74, 6) is -0.528. The number of rotatable bonds is 5. The van der Waals surface area contributed by atoms with Crippen molar-refractivity contribution in [2.75, 3.05) is 0 Å². The number of ether oxygens (including phenoxy) is 1. The second-order valence-corrected chi connectivity index (χ2v) is 6.21. The number of benzene rings is 2. The zero-order valence-corrected chi connectivity index (χ0v) is 15.3. The van der Waals surface area contributed by atoms with Gasteiger partial charge in [-0.15, -0.1) is 0 Å². The van der Waals surface area contributed by atoms with Crippen LogP contribution in [-0.4, -0.2) is 23.7 Å². The monoisotopic (exact) mass is 404 g/mol. The highest BCUT2D eigenvalue weighted by Crippen LogP contribution is 2.14. The largest absolute Gasteiger partial charge is 0.481 e. The first-order chi connectivity index (χ1) is 11.9. The normalized spacial score (nSPS) is 11.3. The number of ketones is 1. The molecule has 25 heavy (non-hydrogen) atoms. The van der Waals surface area contributed by atoms with Crippen LogP contribution in [0, 0.1) is 0 Å². The van der Waals surface area contributed by atoms with Gasteiger partial charge in [-0.3, -0.25) is 25.2 Å². The van der Waals surface area contributed by atoms with E-state index in [0.717, 1.165) is 4.47 Å². The standard InChI is InChI=1S/C18H17BrN2O4/c1-11(22)13-5-9-16(10-6-13)25-12(2)17(23)20-21-18(24)14-3-7-15(19)8-4-14/h3-10,12H,1-2H3,(H,20,23)(H,21,24). The lowest BCUT2D eigenvalue weighted by Crippen LogP contribution is -2.47. The predicted molar refractivity (Wildman–Crippen MR) is 96.3 cm³/mol. The molecule has 2 rings (SSSR count). The maximum Gasteiger partial charge on any atom is 0.279 e. The third-order valence-electron chi connectivity index (χ3n) is 3.35. The minimum absolute atomic E-state index is 0.0482. The molecule has 2 aromatic rings. The number of carbonyl (C=O) groups excluding carboxylic acids is 3. The molecule has 2 amide bonds. The van der Waals surface area contributed by atoms with Crippen molar-refractivity contribution < 1.29 is 19.1 Å². The Morgan fingerprint density at radius 3 is 2.04 bits per heavy atom. The summed E-state index contributed by atoms with van der Waals surface area (Å²) in [6, 6.07) is 13.2. The van der Waals surface area contributed by atoms with Crippen LogP contribution in [0.25, 0.3) is 0 Å². The Morgan fingerprint density at radius 1 is 0.920 bits per heavy atom. The fourth-order valence-electron chi connectivity index (χ4n) is 1.92. The fourth-order valence-corrected chi connectivity index (χ4v) is 2.18. The number of carbonyl (C=O) groups is 3. The van der Waals surface area contributed by atoms with E-state index in [9.17, 15) is 14.4 Å². The van der Waals surface area contributed by atoms with Crippen LogP contribution in [-0.2, 0) is 4.79 Å². The van der Waals surface area contributed by atoms with Crippen LogP contribution in [0.15, 0.2) is 53.0 Å². The molecule has 2 N–H and O–H groups in total. The Bertz CT molecular complexity index is 773. The van der Waals surface area contributed by atoms with Crippen molar-refractivity contribution in [1.29, 1.82) is 0 Å². The van der Waals surface area contributed by atoms with E-state index in [4.69, 9.17) is 4.74 Å². The third-order valence-corrected chi connectivity index (χ3v) is 3.88. The van der Waals surface area contributed by atoms with Gasteiger partial charge in [0.25, 0.3) is 11.8 Å². The third kappa shape index (κ3) is 5.42. The van der Waals surface area contributed by atoms with Gasteiger partial charge in [0.2, 0.25) is 0 Å². The first-order valence-electron chi connectivity index (χ1n) is 7.50. The second-order valence-electron chi connectivity index (χ2n) is 5.29. The zero-order chi connectivity index (χ0) is 18.4. The van der Waals surface area contributed by atoms with E-state index in [1.807, 2.05) is 0 Å². The summed E-state index contributed by atoms with van der Waals surface area (Å²) in [4.78, 5) is 35.2. The molecule has 6 nitrogen and oxygen atoms in total. The molecule has 0 bridgehead atoms. The summed E-state index contributed by atoms with van der Waals surface area (Å²) in [5.41, 5.74) is 5.62. The van der Waals surface area contributed by atoms with Crippen molar-refractivity contribution in [3.63, 3.8) is 0 Å². The number of Topliss-reactive ketones (excluding diaryl/α,β-unsaturated/α-hetero) is 1. The molecule has 1 unspecified atom stereocenters. The van der Waals surface area contributed by atoms with E-state index in [2.05, 4.69) is 26.8 Å². The van der Waals surface area contributed by atoms with Crippen LogP contribution in [0.4, 0.5) is 0 Å². The highest BCUT2D eigenvalue weighted by molar-refractivity contribution is 9.10. The van der Waals surface area contributed by atoms with Crippen molar-refractivity contribution in [3.05, 3.63) is 64.1 Å². The van der Waals surface area contributed by atoms with Crippen LogP contribution in [0.2, 0.25) is 0 Å². The summed E-state index contributed by atoms with van der Waals surface area (Å²) in [5, 5.41) is 0. The van der Waals surface area contributed by atoms with Crippen LogP contribution in [0.1, 0.15) is 34.6 Å². The van der Waals surface area contributed by atoms with Crippen molar-refractivity contribution in [2.45, 2.75) is 20.0 Å². The quantitative estimate of drug-likeness (QED) is 0.592. The molecule has 0 aliphatic carbocycles. The molecular formula is C18H17BrN2O4. The van der Waals surface area contributed by atoms with Crippen molar-refractivity contribution in [1.82, 2.24) is 10.9 Å². The van der Waals surface area contributed by atoms with E-state index in [0.29, 0.717) is 16.9 Å². The number of hydrazine groups is 1. The summed E-state index contributed by atoms with van der Waals surface area (Å²) < 4.78 is 6.34. The van der Waals surface area contributed by atoms with Gasteiger partial charge in [0.1, 0.15) is 5.75 Å². The molecule has 130 valence electrons.